The fraction of sp³-hybridized carbons (Fsp3) is 0.455. The highest BCUT2D eigenvalue weighted by Gasteiger charge is 2.21. The summed E-state index contributed by atoms with van der Waals surface area (Å²) < 4.78 is 5.31. The maximum Gasteiger partial charge on any atom is 0.142 e. The molecule has 1 heterocycles. The van der Waals surface area contributed by atoms with Crippen LogP contribution in [0.1, 0.15) is 6.42 Å². The first-order chi connectivity index (χ1) is 6.81. The summed E-state index contributed by atoms with van der Waals surface area (Å²) in [6, 6.07) is 8.38. The molecule has 1 fully saturated rings. The predicted octanol–water partition coefficient (Wildman–Crippen LogP) is 1.23. The van der Waals surface area contributed by atoms with E-state index in [0.29, 0.717) is 6.04 Å². The summed E-state index contributed by atoms with van der Waals surface area (Å²) in [6.07, 6.45) is 1.07. The van der Waals surface area contributed by atoms with E-state index in [-0.39, 0.29) is 0 Å². The largest absolute Gasteiger partial charge is 0.495 e. The Labute approximate surface area is 84.5 Å². The van der Waals surface area contributed by atoms with Crippen molar-refractivity contribution in [3.63, 3.8) is 0 Å². The lowest BCUT2D eigenvalue weighted by atomic mass is 10.2. The van der Waals surface area contributed by atoms with Crippen LogP contribution < -0.4 is 15.4 Å². The minimum atomic E-state index is 0.305. The Hall–Kier alpha value is -1.22. The van der Waals surface area contributed by atoms with Crippen molar-refractivity contribution < 1.29 is 4.74 Å². The summed E-state index contributed by atoms with van der Waals surface area (Å²) >= 11 is 0. The summed E-state index contributed by atoms with van der Waals surface area (Å²) in [7, 11) is 1.70. The van der Waals surface area contributed by atoms with E-state index >= 15 is 0 Å². The summed E-state index contributed by atoms with van der Waals surface area (Å²) in [6.45, 7) is 1.96. The molecule has 1 aliphatic rings. The van der Waals surface area contributed by atoms with Crippen molar-refractivity contribution in [1.82, 2.24) is 0 Å². The molecule has 2 rings (SSSR count). The van der Waals surface area contributed by atoms with E-state index in [2.05, 4.69) is 11.0 Å². The lowest BCUT2D eigenvalue weighted by Crippen LogP contribution is -2.26. The molecule has 0 unspecified atom stereocenters. The number of para-hydroxylation sites is 2. The van der Waals surface area contributed by atoms with Crippen LogP contribution in [0.5, 0.6) is 5.75 Å². The van der Waals surface area contributed by atoms with Gasteiger partial charge in [0, 0.05) is 19.1 Å². The van der Waals surface area contributed by atoms with Gasteiger partial charge in [0.05, 0.1) is 12.8 Å². The van der Waals surface area contributed by atoms with Gasteiger partial charge in [-0.1, -0.05) is 12.1 Å². The second-order valence-electron chi connectivity index (χ2n) is 3.67. The van der Waals surface area contributed by atoms with Crippen molar-refractivity contribution >= 4 is 5.69 Å². The molecule has 0 aromatic heterocycles. The third kappa shape index (κ3) is 1.68. The van der Waals surface area contributed by atoms with Gasteiger partial charge in [-0.25, -0.2) is 0 Å². The number of nitrogens with two attached hydrogens (primary N) is 1. The molecule has 1 aromatic rings. The Morgan fingerprint density at radius 2 is 2.21 bits per heavy atom. The molecule has 0 bridgehead atoms. The van der Waals surface area contributed by atoms with Crippen molar-refractivity contribution in [2.45, 2.75) is 12.5 Å². The van der Waals surface area contributed by atoms with Crippen molar-refractivity contribution in [3.8, 4) is 5.75 Å². The van der Waals surface area contributed by atoms with Gasteiger partial charge < -0.3 is 15.4 Å². The number of anilines is 1. The lowest BCUT2D eigenvalue weighted by Gasteiger charge is -2.20. The minimum absolute atomic E-state index is 0.305. The fourth-order valence-electron chi connectivity index (χ4n) is 1.90. The molecular formula is C11H16N2O. The topological polar surface area (TPSA) is 38.5 Å². The maximum absolute atomic E-state index is 5.87. The number of rotatable bonds is 2. The zero-order chi connectivity index (χ0) is 9.97. The molecule has 0 radical (unpaired) electrons. The van der Waals surface area contributed by atoms with Crippen LogP contribution in [0.4, 0.5) is 5.69 Å². The summed E-state index contributed by atoms with van der Waals surface area (Å²) in [5, 5.41) is 0. The molecule has 76 valence electrons. The smallest absolute Gasteiger partial charge is 0.142 e. The Kier molecular flexibility index (Phi) is 2.59. The monoisotopic (exact) mass is 192 g/mol. The van der Waals surface area contributed by atoms with Gasteiger partial charge in [-0.2, -0.15) is 0 Å². The Morgan fingerprint density at radius 3 is 2.86 bits per heavy atom. The van der Waals surface area contributed by atoms with E-state index in [1.165, 1.54) is 0 Å². The highest BCUT2D eigenvalue weighted by molar-refractivity contribution is 5.59. The van der Waals surface area contributed by atoms with Gasteiger partial charge >= 0.3 is 0 Å². The number of hydrogen-bond donors (Lipinski definition) is 1. The maximum atomic E-state index is 5.87. The molecule has 0 amide bonds. The molecule has 1 aromatic carbocycles. The molecule has 3 nitrogen and oxygen atoms in total. The average molecular weight is 192 g/mol. The zero-order valence-electron chi connectivity index (χ0n) is 8.44. The average Bonchev–Trinajstić information content (AvgIpc) is 2.65. The normalized spacial score (nSPS) is 21.3. The van der Waals surface area contributed by atoms with Crippen LogP contribution in [-0.4, -0.2) is 26.2 Å². The van der Waals surface area contributed by atoms with E-state index in [1.807, 2.05) is 18.2 Å². The molecule has 1 atom stereocenters. The summed E-state index contributed by atoms with van der Waals surface area (Å²) in [5.41, 5.74) is 7.03. The fourth-order valence-corrected chi connectivity index (χ4v) is 1.90. The molecular weight excluding hydrogens is 176 g/mol. The van der Waals surface area contributed by atoms with Crippen LogP contribution in [0.15, 0.2) is 24.3 Å². The van der Waals surface area contributed by atoms with Gasteiger partial charge in [-0.15, -0.1) is 0 Å². The standard InChI is InChI=1S/C11H16N2O/c1-14-11-5-3-2-4-10(11)13-7-6-9(12)8-13/h2-5,9H,6-8,12H2,1H3/t9-/m1/s1. The number of ether oxygens (including phenoxy) is 1. The van der Waals surface area contributed by atoms with Crippen molar-refractivity contribution in [2.24, 2.45) is 5.73 Å². The van der Waals surface area contributed by atoms with Gasteiger partial charge in [-0.05, 0) is 18.6 Å². The molecule has 0 saturated carbocycles. The number of hydrogen-bond acceptors (Lipinski definition) is 3. The molecule has 0 spiro atoms. The number of benzene rings is 1. The zero-order valence-corrected chi connectivity index (χ0v) is 8.44. The highest BCUT2D eigenvalue weighted by Crippen LogP contribution is 2.29. The highest BCUT2D eigenvalue weighted by atomic mass is 16.5. The van der Waals surface area contributed by atoms with Crippen LogP contribution in [0.25, 0.3) is 0 Å². The molecule has 3 heteroatoms. The van der Waals surface area contributed by atoms with Gasteiger partial charge in [0.15, 0.2) is 0 Å². The van der Waals surface area contributed by atoms with E-state index in [4.69, 9.17) is 10.5 Å². The van der Waals surface area contributed by atoms with E-state index in [1.54, 1.807) is 7.11 Å². The van der Waals surface area contributed by atoms with Crippen LogP contribution >= 0.6 is 0 Å². The van der Waals surface area contributed by atoms with Gasteiger partial charge in [-0.3, -0.25) is 0 Å². The van der Waals surface area contributed by atoms with Crippen molar-refractivity contribution in [2.75, 3.05) is 25.1 Å². The SMILES string of the molecule is COc1ccccc1N1CC[C@@H](N)C1. The van der Waals surface area contributed by atoms with E-state index in [0.717, 1.165) is 30.9 Å². The molecule has 1 aliphatic heterocycles. The van der Waals surface area contributed by atoms with Crippen molar-refractivity contribution in [3.05, 3.63) is 24.3 Å². The van der Waals surface area contributed by atoms with E-state index < -0.39 is 0 Å². The first-order valence-electron chi connectivity index (χ1n) is 4.95. The molecule has 0 aliphatic carbocycles. The first kappa shape index (κ1) is 9.34. The number of nitrogens with zero attached hydrogens (tertiary/aromatic N) is 1. The summed E-state index contributed by atoms with van der Waals surface area (Å²) in [4.78, 5) is 2.28. The summed E-state index contributed by atoms with van der Waals surface area (Å²) in [5.74, 6) is 0.932. The van der Waals surface area contributed by atoms with Gasteiger partial charge in [0.2, 0.25) is 0 Å². The van der Waals surface area contributed by atoms with Gasteiger partial charge in [0.25, 0.3) is 0 Å². The second kappa shape index (κ2) is 3.88. The van der Waals surface area contributed by atoms with Crippen LogP contribution in [0.2, 0.25) is 0 Å². The third-order valence-corrected chi connectivity index (χ3v) is 2.65. The predicted molar refractivity (Wildman–Crippen MR) is 57.8 cm³/mol. The number of methoxy groups -OCH3 is 1. The van der Waals surface area contributed by atoms with Crippen molar-refractivity contribution in [1.29, 1.82) is 0 Å². The Bertz CT molecular complexity index is 314. The Morgan fingerprint density at radius 1 is 1.43 bits per heavy atom. The molecule has 14 heavy (non-hydrogen) atoms. The van der Waals surface area contributed by atoms with E-state index in [9.17, 15) is 0 Å². The third-order valence-electron chi connectivity index (χ3n) is 2.65. The van der Waals surface area contributed by atoms with Crippen LogP contribution in [0.3, 0.4) is 0 Å². The second-order valence-corrected chi connectivity index (χ2v) is 3.67. The first-order valence-corrected chi connectivity index (χ1v) is 4.95. The van der Waals surface area contributed by atoms with Crippen LogP contribution in [0, 0.1) is 0 Å². The minimum Gasteiger partial charge on any atom is -0.495 e. The molecule has 1 saturated heterocycles. The van der Waals surface area contributed by atoms with Crippen LogP contribution in [-0.2, 0) is 0 Å². The quantitative estimate of drug-likeness (QED) is 0.766. The Balaban J connectivity index is 2.22. The van der Waals surface area contributed by atoms with Gasteiger partial charge in [0.1, 0.15) is 5.75 Å². The lowest BCUT2D eigenvalue weighted by molar-refractivity contribution is 0.415. The molecule has 2 N–H and O–H groups in total.